The van der Waals surface area contributed by atoms with Gasteiger partial charge in [-0.3, -0.25) is 4.79 Å². The van der Waals surface area contributed by atoms with Crippen LogP contribution in [0.1, 0.15) is 29.8 Å². The van der Waals surface area contributed by atoms with E-state index in [1.54, 1.807) is 12.1 Å². The smallest absolute Gasteiger partial charge is 0.350 e. The third-order valence-electron chi connectivity index (χ3n) is 4.23. The van der Waals surface area contributed by atoms with Crippen molar-refractivity contribution in [2.24, 2.45) is 0 Å². The van der Waals surface area contributed by atoms with Crippen LogP contribution in [0, 0.1) is 0 Å². The number of thiophene rings is 1. The van der Waals surface area contributed by atoms with E-state index < -0.39 is 17.8 Å². The largest absolute Gasteiger partial charge is 0.416 e. The van der Waals surface area contributed by atoms with Gasteiger partial charge in [0.25, 0.3) is 5.91 Å². The van der Waals surface area contributed by atoms with Crippen LogP contribution < -0.4 is 16.0 Å². The standard InChI is InChI=1S/C22H20F3N3O2S/c1-13(2)26-20(29)14-6-7-18(15-8-9-31-12-15)19(10-14)28-21(30)27-17-5-3-4-16(11-17)22(23,24)25/h3-13H,1-2H3,(H,26,29)(H2,27,28,30). The quantitative estimate of drug-likeness (QED) is 0.435. The topological polar surface area (TPSA) is 70.2 Å². The highest BCUT2D eigenvalue weighted by molar-refractivity contribution is 7.08. The summed E-state index contributed by atoms with van der Waals surface area (Å²) in [7, 11) is 0. The Morgan fingerprint density at radius 2 is 1.77 bits per heavy atom. The Kier molecular flexibility index (Phi) is 6.65. The molecule has 9 heteroatoms. The number of nitrogens with one attached hydrogen (secondary N) is 3. The summed E-state index contributed by atoms with van der Waals surface area (Å²) < 4.78 is 38.7. The van der Waals surface area contributed by atoms with E-state index in [0.29, 0.717) is 16.8 Å². The molecule has 2 aromatic carbocycles. The molecular weight excluding hydrogens is 427 g/mol. The molecule has 3 aromatic rings. The fourth-order valence-corrected chi connectivity index (χ4v) is 3.52. The second-order valence-corrected chi connectivity index (χ2v) is 7.84. The predicted molar refractivity (Wildman–Crippen MR) is 116 cm³/mol. The number of anilines is 2. The van der Waals surface area contributed by atoms with E-state index in [0.717, 1.165) is 17.7 Å². The van der Waals surface area contributed by atoms with Gasteiger partial charge in [0.1, 0.15) is 0 Å². The lowest BCUT2D eigenvalue weighted by molar-refractivity contribution is -0.137. The number of carbonyl (C=O) groups is 2. The highest BCUT2D eigenvalue weighted by Crippen LogP contribution is 2.32. The lowest BCUT2D eigenvalue weighted by atomic mass is 10.0. The van der Waals surface area contributed by atoms with Crippen LogP contribution in [-0.2, 0) is 6.18 Å². The first-order chi connectivity index (χ1) is 14.6. The van der Waals surface area contributed by atoms with Gasteiger partial charge in [0.15, 0.2) is 0 Å². The van der Waals surface area contributed by atoms with Crippen LogP contribution in [-0.4, -0.2) is 18.0 Å². The van der Waals surface area contributed by atoms with E-state index in [4.69, 9.17) is 0 Å². The Hall–Kier alpha value is -3.33. The van der Waals surface area contributed by atoms with Crippen molar-refractivity contribution >= 4 is 34.6 Å². The Morgan fingerprint density at radius 3 is 2.42 bits per heavy atom. The molecule has 5 nitrogen and oxygen atoms in total. The van der Waals surface area contributed by atoms with E-state index >= 15 is 0 Å². The van der Waals surface area contributed by atoms with Gasteiger partial charge in [-0.15, -0.1) is 0 Å². The number of hydrogen-bond donors (Lipinski definition) is 3. The molecule has 3 N–H and O–H groups in total. The van der Waals surface area contributed by atoms with Crippen molar-refractivity contribution in [3.63, 3.8) is 0 Å². The van der Waals surface area contributed by atoms with Gasteiger partial charge >= 0.3 is 12.2 Å². The maximum Gasteiger partial charge on any atom is 0.416 e. The zero-order valence-electron chi connectivity index (χ0n) is 16.7. The Labute approximate surface area is 181 Å². The number of carbonyl (C=O) groups excluding carboxylic acids is 2. The van der Waals surface area contributed by atoms with Crippen molar-refractivity contribution in [1.82, 2.24) is 5.32 Å². The summed E-state index contributed by atoms with van der Waals surface area (Å²) in [5.74, 6) is -0.298. The third-order valence-corrected chi connectivity index (χ3v) is 4.91. The lowest BCUT2D eigenvalue weighted by Crippen LogP contribution is -2.30. The second kappa shape index (κ2) is 9.22. The molecule has 31 heavy (non-hydrogen) atoms. The van der Waals surface area contributed by atoms with Crippen LogP contribution >= 0.6 is 11.3 Å². The first-order valence-corrected chi connectivity index (χ1v) is 10.3. The number of benzene rings is 2. The van der Waals surface area contributed by atoms with Crippen LogP contribution in [0.2, 0.25) is 0 Å². The molecule has 1 aromatic heterocycles. The second-order valence-electron chi connectivity index (χ2n) is 7.06. The Balaban J connectivity index is 1.86. The lowest BCUT2D eigenvalue weighted by Gasteiger charge is -2.15. The van der Waals surface area contributed by atoms with E-state index in [-0.39, 0.29) is 17.6 Å². The first-order valence-electron chi connectivity index (χ1n) is 9.36. The molecule has 0 bridgehead atoms. The number of halogens is 3. The third kappa shape index (κ3) is 5.85. The van der Waals surface area contributed by atoms with E-state index in [9.17, 15) is 22.8 Å². The van der Waals surface area contributed by atoms with Gasteiger partial charge in [0.05, 0.1) is 11.3 Å². The van der Waals surface area contributed by atoms with Crippen LogP contribution in [0.15, 0.2) is 59.3 Å². The Morgan fingerprint density at radius 1 is 1.00 bits per heavy atom. The van der Waals surface area contributed by atoms with Crippen molar-refractivity contribution in [3.05, 3.63) is 70.4 Å². The number of urea groups is 1. The first kappa shape index (κ1) is 22.4. The summed E-state index contributed by atoms with van der Waals surface area (Å²) >= 11 is 1.47. The molecule has 0 fully saturated rings. The minimum Gasteiger partial charge on any atom is -0.350 e. The fourth-order valence-electron chi connectivity index (χ4n) is 2.86. The summed E-state index contributed by atoms with van der Waals surface area (Å²) in [4.78, 5) is 24.9. The van der Waals surface area contributed by atoms with E-state index in [1.165, 1.54) is 29.5 Å². The number of amides is 3. The molecule has 1 heterocycles. The molecule has 0 atom stereocenters. The minimum atomic E-state index is -4.52. The number of rotatable bonds is 5. The van der Waals surface area contributed by atoms with E-state index in [1.807, 2.05) is 30.7 Å². The summed E-state index contributed by atoms with van der Waals surface area (Å²) in [6.07, 6.45) is -4.52. The maximum absolute atomic E-state index is 12.9. The van der Waals surface area contributed by atoms with Crippen molar-refractivity contribution in [2.45, 2.75) is 26.1 Å². The number of alkyl halides is 3. The monoisotopic (exact) mass is 447 g/mol. The van der Waals surface area contributed by atoms with E-state index in [2.05, 4.69) is 16.0 Å². The molecule has 0 aliphatic rings. The molecular formula is C22H20F3N3O2S. The minimum absolute atomic E-state index is 0.00175. The van der Waals surface area contributed by atoms with Crippen molar-refractivity contribution in [3.8, 4) is 11.1 Å². The molecule has 0 radical (unpaired) electrons. The fraction of sp³-hybridized carbons (Fsp3) is 0.182. The van der Waals surface area contributed by atoms with Gasteiger partial charge in [-0.2, -0.15) is 24.5 Å². The van der Waals surface area contributed by atoms with Crippen molar-refractivity contribution in [1.29, 1.82) is 0 Å². The molecule has 0 saturated carbocycles. The molecule has 0 saturated heterocycles. The number of hydrogen-bond acceptors (Lipinski definition) is 3. The summed E-state index contributed by atoms with van der Waals surface area (Å²) in [6.45, 7) is 3.67. The Bertz CT molecular complexity index is 1080. The highest BCUT2D eigenvalue weighted by Gasteiger charge is 2.30. The molecule has 3 rings (SSSR count). The summed E-state index contributed by atoms with van der Waals surface area (Å²) in [6, 6.07) is 10.3. The zero-order valence-corrected chi connectivity index (χ0v) is 17.5. The predicted octanol–water partition coefficient (Wildman–Crippen LogP) is 6.22. The molecule has 0 aliphatic carbocycles. The van der Waals surface area contributed by atoms with Crippen LogP contribution in [0.3, 0.4) is 0 Å². The zero-order chi connectivity index (χ0) is 22.6. The summed E-state index contributed by atoms with van der Waals surface area (Å²) in [5, 5.41) is 11.6. The van der Waals surface area contributed by atoms with Gasteiger partial charge in [-0.05, 0) is 66.6 Å². The molecule has 0 aliphatic heterocycles. The molecule has 162 valence electrons. The van der Waals surface area contributed by atoms with Gasteiger partial charge < -0.3 is 16.0 Å². The van der Waals surface area contributed by atoms with Crippen molar-refractivity contribution < 1.29 is 22.8 Å². The molecule has 3 amide bonds. The van der Waals surface area contributed by atoms with Crippen LogP contribution in [0.4, 0.5) is 29.3 Å². The van der Waals surface area contributed by atoms with Crippen LogP contribution in [0.5, 0.6) is 0 Å². The van der Waals surface area contributed by atoms with Crippen molar-refractivity contribution in [2.75, 3.05) is 10.6 Å². The summed E-state index contributed by atoms with van der Waals surface area (Å²) in [5.41, 5.74) is 1.37. The average Bonchev–Trinajstić information content (AvgIpc) is 3.21. The SMILES string of the molecule is CC(C)NC(=O)c1ccc(-c2ccsc2)c(NC(=O)Nc2cccc(C(F)(F)F)c2)c1. The van der Waals surface area contributed by atoms with Gasteiger partial charge in [-0.1, -0.05) is 12.1 Å². The normalized spacial score (nSPS) is 11.3. The van der Waals surface area contributed by atoms with Gasteiger partial charge in [0.2, 0.25) is 0 Å². The molecule has 0 spiro atoms. The van der Waals surface area contributed by atoms with Gasteiger partial charge in [0, 0.05) is 22.9 Å². The van der Waals surface area contributed by atoms with Crippen LogP contribution in [0.25, 0.3) is 11.1 Å². The highest BCUT2D eigenvalue weighted by atomic mass is 32.1. The van der Waals surface area contributed by atoms with Gasteiger partial charge in [-0.25, -0.2) is 4.79 Å². The molecule has 0 unspecified atom stereocenters. The maximum atomic E-state index is 12.9. The average molecular weight is 447 g/mol.